The zero-order valence-electron chi connectivity index (χ0n) is 11.5. The van der Waals surface area contributed by atoms with E-state index >= 15 is 0 Å². The van der Waals surface area contributed by atoms with Crippen molar-refractivity contribution in [3.8, 4) is 0 Å². The first-order valence-corrected chi connectivity index (χ1v) is 7.68. The molecule has 1 heterocycles. The number of rotatable bonds is 2. The van der Waals surface area contributed by atoms with E-state index in [2.05, 4.69) is 4.90 Å². The van der Waals surface area contributed by atoms with E-state index in [1.54, 1.807) is 6.07 Å². The molecule has 0 bridgehead atoms. The van der Waals surface area contributed by atoms with E-state index in [0.29, 0.717) is 18.8 Å². The van der Waals surface area contributed by atoms with Crippen LogP contribution in [0.4, 0.5) is 18.9 Å². The van der Waals surface area contributed by atoms with Crippen LogP contribution in [0.15, 0.2) is 18.2 Å². The number of anilines is 1. The normalized spacial score (nSPS) is 26.0. The average molecular weight is 320 g/mol. The highest BCUT2D eigenvalue weighted by Crippen LogP contribution is 2.38. The lowest BCUT2D eigenvalue weighted by Gasteiger charge is -2.39. The van der Waals surface area contributed by atoms with Crippen LogP contribution in [0.5, 0.6) is 0 Å². The van der Waals surface area contributed by atoms with Crippen LogP contribution >= 0.6 is 11.6 Å². The van der Waals surface area contributed by atoms with Gasteiger partial charge < -0.3 is 9.64 Å². The van der Waals surface area contributed by atoms with Crippen molar-refractivity contribution in [1.82, 2.24) is 0 Å². The second-order valence-corrected chi connectivity index (χ2v) is 5.84. The second kappa shape index (κ2) is 5.69. The Morgan fingerprint density at radius 3 is 2.81 bits per heavy atom. The Morgan fingerprint density at radius 1 is 1.29 bits per heavy atom. The lowest BCUT2D eigenvalue weighted by molar-refractivity contribution is -0.138. The first-order valence-electron chi connectivity index (χ1n) is 7.15. The molecule has 3 rings (SSSR count). The molecular weight excluding hydrogens is 303 g/mol. The number of fused-ring (bicyclic) bond motifs is 1. The smallest absolute Gasteiger partial charge is 0.374 e. The molecule has 2 atom stereocenters. The predicted molar refractivity (Wildman–Crippen MR) is 75.7 cm³/mol. The molecule has 0 amide bonds. The molecule has 1 aromatic carbocycles. The molecule has 0 spiro atoms. The fraction of sp³-hybridized carbons (Fsp3) is 0.600. The Hall–Kier alpha value is -0.940. The number of nitrogens with zero attached hydrogens (tertiary/aromatic N) is 1. The predicted octanol–water partition coefficient (Wildman–Crippen LogP) is 4.20. The summed E-state index contributed by atoms with van der Waals surface area (Å²) in [6, 6.07) is 4.66. The van der Waals surface area contributed by atoms with Crippen molar-refractivity contribution in [3.63, 3.8) is 0 Å². The molecule has 1 saturated heterocycles. The van der Waals surface area contributed by atoms with Crippen molar-refractivity contribution in [2.45, 2.75) is 43.5 Å². The lowest BCUT2D eigenvalue weighted by Crippen LogP contribution is -2.48. The minimum atomic E-state index is -4.37. The monoisotopic (exact) mass is 319 g/mol. The Morgan fingerprint density at radius 2 is 2.10 bits per heavy atom. The third kappa shape index (κ3) is 2.86. The number of alkyl halides is 4. The van der Waals surface area contributed by atoms with Crippen LogP contribution in [0.1, 0.15) is 30.4 Å². The first-order chi connectivity index (χ1) is 10.0. The van der Waals surface area contributed by atoms with Crippen molar-refractivity contribution in [1.29, 1.82) is 0 Å². The average Bonchev–Trinajstić information content (AvgIpc) is 2.94. The van der Waals surface area contributed by atoms with Gasteiger partial charge in [0.05, 0.1) is 24.3 Å². The summed E-state index contributed by atoms with van der Waals surface area (Å²) in [4.78, 5) is 2.06. The molecule has 1 aromatic rings. The van der Waals surface area contributed by atoms with Crippen molar-refractivity contribution in [2.24, 2.45) is 0 Å². The third-order valence-corrected chi connectivity index (χ3v) is 4.64. The fourth-order valence-electron chi connectivity index (χ4n) is 3.37. The summed E-state index contributed by atoms with van der Waals surface area (Å²) in [7, 11) is 0. The maximum Gasteiger partial charge on any atom is 0.416 e. The molecule has 6 heteroatoms. The van der Waals surface area contributed by atoms with Crippen molar-refractivity contribution < 1.29 is 17.9 Å². The summed E-state index contributed by atoms with van der Waals surface area (Å²) in [5.41, 5.74) is 0.122. The van der Waals surface area contributed by atoms with Gasteiger partial charge in [-0.25, -0.2) is 0 Å². The van der Waals surface area contributed by atoms with Gasteiger partial charge in [-0.2, -0.15) is 13.2 Å². The number of hydrogen-bond donors (Lipinski definition) is 0. The molecule has 21 heavy (non-hydrogen) atoms. The van der Waals surface area contributed by atoms with Crippen LogP contribution in [0.2, 0.25) is 0 Å². The minimum Gasteiger partial charge on any atom is -0.374 e. The highest BCUT2D eigenvalue weighted by atomic mass is 35.5. The van der Waals surface area contributed by atoms with E-state index < -0.39 is 11.7 Å². The van der Waals surface area contributed by atoms with E-state index in [-0.39, 0.29) is 23.6 Å². The molecule has 2 fully saturated rings. The quantitative estimate of drug-likeness (QED) is 0.757. The largest absolute Gasteiger partial charge is 0.416 e. The molecule has 0 aromatic heterocycles. The number of ether oxygens (including phenoxy) is 1. The van der Waals surface area contributed by atoms with E-state index in [9.17, 15) is 13.2 Å². The maximum absolute atomic E-state index is 13.1. The van der Waals surface area contributed by atoms with Crippen LogP contribution in [0.3, 0.4) is 0 Å². The summed E-state index contributed by atoms with van der Waals surface area (Å²) < 4.78 is 45.2. The zero-order chi connectivity index (χ0) is 15.0. The van der Waals surface area contributed by atoms with Gasteiger partial charge in [0, 0.05) is 18.1 Å². The Bertz CT molecular complexity index is 520. The van der Waals surface area contributed by atoms with Gasteiger partial charge in [0.2, 0.25) is 0 Å². The highest BCUT2D eigenvalue weighted by Gasteiger charge is 2.38. The molecule has 1 aliphatic carbocycles. The zero-order valence-corrected chi connectivity index (χ0v) is 12.3. The Labute approximate surface area is 126 Å². The minimum absolute atomic E-state index is 0.129. The van der Waals surface area contributed by atoms with Crippen LogP contribution in [-0.4, -0.2) is 25.3 Å². The van der Waals surface area contributed by atoms with Gasteiger partial charge in [0.1, 0.15) is 0 Å². The summed E-state index contributed by atoms with van der Waals surface area (Å²) in [5, 5.41) is 0. The van der Waals surface area contributed by atoms with Crippen molar-refractivity contribution in [2.75, 3.05) is 18.1 Å². The number of benzene rings is 1. The standard InChI is InChI=1S/C15H17ClF3NO/c16-9-10-4-5-11(8-12(10)15(17,18)19)20-6-7-21-14-3-1-2-13(14)20/h4-5,8,13-14H,1-3,6-7,9H2. The third-order valence-electron chi connectivity index (χ3n) is 4.36. The summed E-state index contributed by atoms with van der Waals surface area (Å²) in [6.07, 6.45) is -1.18. The van der Waals surface area contributed by atoms with Crippen LogP contribution in [0, 0.1) is 0 Å². The van der Waals surface area contributed by atoms with E-state index in [1.807, 2.05) is 0 Å². The maximum atomic E-state index is 13.1. The fourth-order valence-corrected chi connectivity index (χ4v) is 3.60. The first kappa shape index (κ1) is 15.0. The van der Waals surface area contributed by atoms with Gasteiger partial charge in [0.15, 0.2) is 0 Å². The molecule has 0 radical (unpaired) electrons. The van der Waals surface area contributed by atoms with Gasteiger partial charge in [-0.1, -0.05) is 6.07 Å². The summed E-state index contributed by atoms with van der Waals surface area (Å²) in [6.45, 7) is 1.21. The van der Waals surface area contributed by atoms with Gasteiger partial charge in [0.25, 0.3) is 0 Å². The second-order valence-electron chi connectivity index (χ2n) is 5.57. The molecular formula is C15H17ClF3NO. The highest BCUT2D eigenvalue weighted by molar-refractivity contribution is 6.17. The Balaban J connectivity index is 1.95. The van der Waals surface area contributed by atoms with Gasteiger partial charge >= 0.3 is 6.18 Å². The van der Waals surface area contributed by atoms with Gasteiger partial charge in [-0.3, -0.25) is 0 Å². The van der Waals surface area contributed by atoms with E-state index in [4.69, 9.17) is 16.3 Å². The number of hydrogen-bond acceptors (Lipinski definition) is 2. The van der Waals surface area contributed by atoms with Gasteiger partial charge in [-0.05, 0) is 37.0 Å². The summed E-state index contributed by atoms with van der Waals surface area (Å²) in [5.74, 6) is -0.135. The van der Waals surface area contributed by atoms with Gasteiger partial charge in [-0.15, -0.1) is 11.6 Å². The molecule has 116 valence electrons. The summed E-state index contributed by atoms with van der Waals surface area (Å²) >= 11 is 5.63. The topological polar surface area (TPSA) is 12.5 Å². The van der Waals surface area contributed by atoms with E-state index in [0.717, 1.165) is 19.3 Å². The lowest BCUT2D eigenvalue weighted by atomic mass is 10.0. The molecule has 2 unspecified atom stereocenters. The Kier molecular flexibility index (Phi) is 4.06. The van der Waals surface area contributed by atoms with Crippen molar-refractivity contribution in [3.05, 3.63) is 29.3 Å². The van der Waals surface area contributed by atoms with Crippen LogP contribution in [0.25, 0.3) is 0 Å². The number of halogens is 4. The van der Waals surface area contributed by atoms with Crippen LogP contribution in [-0.2, 0) is 16.8 Å². The molecule has 1 aliphatic heterocycles. The van der Waals surface area contributed by atoms with Crippen LogP contribution < -0.4 is 4.90 Å². The molecule has 0 N–H and O–H groups in total. The molecule has 1 saturated carbocycles. The van der Waals surface area contributed by atoms with Crippen molar-refractivity contribution >= 4 is 17.3 Å². The SMILES string of the molecule is FC(F)(F)c1cc(N2CCOC3CCCC32)ccc1CCl. The molecule has 2 aliphatic rings. The molecule has 2 nitrogen and oxygen atoms in total. The number of morpholine rings is 1. The van der Waals surface area contributed by atoms with E-state index in [1.165, 1.54) is 12.1 Å².